The summed E-state index contributed by atoms with van der Waals surface area (Å²) in [6.07, 6.45) is 14.6. The van der Waals surface area contributed by atoms with Crippen molar-refractivity contribution in [2.45, 2.75) is 25.2 Å². The second-order valence-corrected chi connectivity index (χ2v) is 10.5. The smallest absolute Gasteiger partial charge is 0.0538 e. The summed E-state index contributed by atoms with van der Waals surface area (Å²) in [5.74, 6) is 0.364. The Kier molecular flexibility index (Phi) is 4.81. The van der Waals surface area contributed by atoms with Crippen LogP contribution in [0.15, 0.2) is 133 Å². The van der Waals surface area contributed by atoms with E-state index in [2.05, 4.69) is 137 Å². The lowest BCUT2D eigenvalue weighted by molar-refractivity contribution is 0.832. The number of rotatable bonds is 3. The molecule has 182 valence electrons. The summed E-state index contributed by atoms with van der Waals surface area (Å²) in [6, 6.07) is 35.6. The fourth-order valence-corrected chi connectivity index (χ4v) is 6.66. The van der Waals surface area contributed by atoms with Crippen molar-refractivity contribution in [3.63, 3.8) is 0 Å². The molecule has 2 heteroatoms. The third-order valence-corrected chi connectivity index (χ3v) is 8.38. The van der Waals surface area contributed by atoms with Gasteiger partial charge in [0.05, 0.1) is 11.0 Å². The predicted molar refractivity (Wildman–Crippen MR) is 161 cm³/mol. The van der Waals surface area contributed by atoms with Gasteiger partial charge >= 0.3 is 0 Å². The minimum Gasteiger partial charge on any atom is -0.313 e. The summed E-state index contributed by atoms with van der Waals surface area (Å²) >= 11 is 0. The first-order valence-electron chi connectivity index (χ1n) is 13.6. The predicted octanol–water partition coefficient (Wildman–Crippen LogP) is 9.59. The van der Waals surface area contributed by atoms with Gasteiger partial charge in [0.1, 0.15) is 0 Å². The lowest BCUT2D eigenvalue weighted by Crippen LogP contribution is -2.15. The van der Waals surface area contributed by atoms with Crippen LogP contribution in [0.4, 0.5) is 11.4 Å². The maximum atomic E-state index is 2.47. The molecule has 0 N–H and O–H groups in total. The molecule has 1 atom stereocenters. The van der Waals surface area contributed by atoms with Crippen molar-refractivity contribution in [3.05, 3.63) is 144 Å². The first-order valence-corrected chi connectivity index (χ1v) is 13.6. The molecule has 38 heavy (non-hydrogen) atoms. The Balaban J connectivity index is 1.26. The van der Waals surface area contributed by atoms with Crippen LogP contribution < -0.4 is 4.90 Å². The third kappa shape index (κ3) is 3.20. The van der Waals surface area contributed by atoms with Gasteiger partial charge in [0.15, 0.2) is 0 Å². The fraction of sp³-hybridized carbons (Fsp3) is 0.111. The fourth-order valence-electron chi connectivity index (χ4n) is 6.66. The Labute approximate surface area is 223 Å². The van der Waals surface area contributed by atoms with Crippen molar-refractivity contribution in [2.75, 3.05) is 4.90 Å². The molecular weight excluding hydrogens is 460 g/mol. The van der Waals surface area contributed by atoms with Gasteiger partial charge in [-0.05, 0) is 84.5 Å². The van der Waals surface area contributed by atoms with Crippen molar-refractivity contribution in [1.29, 1.82) is 0 Å². The van der Waals surface area contributed by atoms with Crippen LogP contribution >= 0.6 is 0 Å². The zero-order valence-corrected chi connectivity index (χ0v) is 21.2. The molecule has 5 aromatic rings. The SMILES string of the molecule is C1=CCCC(n2c3ccccc3c3cc(C4=CC=C5C(C4)c4ccccc4N5c4ccccc4)ccc32)=C1. The number of anilines is 2. The molecular formula is C36H28N2. The Bertz CT molecular complexity index is 1850. The van der Waals surface area contributed by atoms with E-state index in [1.54, 1.807) is 0 Å². The minimum absolute atomic E-state index is 0.364. The van der Waals surface area contributed by atoms with Gasteiger partial charge < -0.3 is 9.47 Å². The zero-order chi connectivity index (χ0) is 25.1. The van der Waals surface area contributed by atoms with E-state index in [1.165, 1.54) is 61.3 Å². The normalized spacial score (nSPS) is 18.3. The standard InChI is InChI=1S/C36H28N2/c1-3-11-27(12-4-1)37-33-17-9-7-15-29(33)31-23-25(19-21-35(31)37)26-20-22-36-32(24-26)30-16-8-10-18-34(30)38(36)28-13-5-2-6-14-28/h1-5,7-13,15-22,24,31H,6,14,23H2. The molecule has 1 aliphatic heterocycles. The zero-order valence-electron chi connectivity index (χ0n) is 21.2. The summed E-state index contributed by atoms with van der Waals surface area (Å²) in [7, 11) is 0. The van der Waals surface area contributed by atoms with Crippen molar-refractivity contribution >= 4 is 44.5 Å². The lowest BCUT2D eigenvalue weighted by Gasteiger charge is -2.26. The summed E-state index contributed by atoms with van der Waals surface area (Å²) in [5.41, 5.74) is 12.0. The average molecular weight is 489 g/mol. The van der Waals surface area contributed by atoms with Crippen LogP contribution in [0.25, 0.3) is 33.1 Å². The van der Waals surface area contributed by atoms with Crippen molar-refractivity contribution in [3.8, 4) is 0 Å². The molecule has 2 nitrogen and oxygen atoms in total. The topological polar surface area (TPSA) is 8.17 Å². The Morgan fingerprint density at radius 1 is 0.684 bits per heavy atom. The summed E-state index contributed by atoms with van der Waals surface area (Å²) in [6.45, 7) is 0. The van der Waals surface area contributed by atoms with Crippen LogP contribution in [-0.2, 0) is 0 Å². The van der Waals surface area contributed by atoms with Gasteiger partial charge in [-0.1, -0.05) is 78.9 Å². The van der Waals surface area contributed by atoms with Gasteiger partial charge in [-0.3, -0.25) is 0 Å². The van der Waals surface area contributed by atoms with Crippen molar-refractivity contribution in [1.82, 2.24) is 4.57 Å². The second-order valence-electron chi connectivity index (χ2n) is 10.5. The van der Waals surface area contributed by atoms with E-state index in [0.29, 0.717) is 5.92 Å². The first kappa shape index (κ1) is 21.5. The number of allylic oxidation sites excluding steroid dienone is 8. The van der Waals surface area contributed by atoms with Gasteiger partial charge in [-0.15, -0.1) is 0 Å². The van der Waals surface area contributed by atoms with Gasteiger partial charge in [0, 0.05) is 39.5 Å². The molecule has 1 aromatic heterocycles. The summed E-state index contributed by atoms with van der Waals surface area (Å²) in [5, 5.41) is 2.66. The van der Waals surface area contributed by atoms with Crippen LogP contribution in [0.1, 0.15) is 36.3 Å². The first-order chi connectivity index (χ1) is 18.9. The van der Waals surface area contributed by atoms with E-state index in [1.807, 2.05) is 0 Å². The molecule has 3 aliphatic rings. The Hall–Kier alpha value is -4.56. The minimum atomic E-state index is 0.364. The maximum absolute atomic E-state index is 2.47. The highest BCUT2D eigenvalue weighted by Crippen LogP contribution is 2.52. The number of hydrogen-bond acceptors (Lipinski definition) is 1. The highest BCUT2D eigenvalue weighted by Gasteiger charge is 2.36. The molecule has 2 heterocycles. The Morgan fingerprint density at radius 3 is 2.39 bits per heavy atom. The van der Waals surface area contributed by atoms with Crippen LogP contribution in [-0.4, -0.2) is 4.57 Å². The lowest BCUT2D eigenvalue weighted by atomic mass is 9.84. The van der Waals surface area contributed by atoms with E-state index in [9.17, 15) is 0 Å². The Morgan fingerprint density at radius 2 is 1.50 bits per heavy atom. The molecule has 0 spiro atoms. The molecule has 2 aliphatic carbocycles. The average Bonchev–Trinajstić information content (AvgIpc) is 3.50. The van der Waals surface area contributed by atoms with Crippen LogP contribution in [0.3, 0.4) is 0 Å². The van der Waals surface area contributed by atoms with Crippen LogP contribution in [0.2, 0.25) is 0 Å². The number of aromatic nitrogens is 1. The second kappa shape index (κ2) is 8.49. The van der Waals surface area contributed by atoms with E-state index in [4.69, 9.17) is 0 Å². The maximum Gasteiger partial charge on any atom is 0.0538 e. The summed E-state index contributed by atoms with van der Waals surface area (Å²) < 4.78 is 2.47. The van der Waals surface area contributed by atoms with E-state index in [-0.39, 0.29) is 0 Å². The van der Waals surface area contributed by atoms with Gasteiger partial charge in [-0.25, -0.2) is 0 Å². The highest BCUT2D eigenvalue weighted by atomic mass is 15.2. The molecule has 0 saturated heterocycles. The summed E-state index contributed by atoms with van der Waals surface area (Å²) in [4.78, 5) is 2.44. The third-order valence-electron chi connectivity index (χ3n) is 8.38. The van der Waals surface area contributed by atoms with Crippen LogP contribution in [0, 0.1) is 0 Å². The van der Waals surface area contributed by atoms with Gasteiger partial charge in [0.25, 0.3) is 0 Å². The molecule has 0 radical (unpaired) electrons. The van der Waals surface area contributed by atoms with Crippen LogP contribution in [0.5, 0.6) is 0 Å². The quantitative estimate of drug-likeness (QED) is 0.245. The highest BCUT2D eigenvalue weighted by molar-refractivity contribution is 6.11. The van der Waals surface area contributed by atoms with Crippen molar-refractivity contribution in [2.24, 2.45) is 0 Å². The molecule has 0 fully saturated rings. The molecule has 8 rings (SSSR count). The largest absolute Gasteiger partial charge is 0.313 e. The number of hydrogen-bond donors (Lipinski definition) is 0. The molecule has 0 saturated carbocycles. The van der Waals surface area contributed by atoms with E-state index < -0.39 is 0 Å². The van der Waals surface area contributed by atoms with Gasteiger partial charge in [0.2, 0.25) is 0 Å². The van der Waals surface area contributed by atoms with E-state index >= 15 is 0 Å². The van der Waals surface area contributed by atoms with E-state index in [0.717, 1.165) is 19.3 Å². The number of nitrogens with zero attached hydrogens (tertiary/aromatic N) is 2. The monoisotopic (exact) mass is 488 g/mol. The van der Waals surface area contributed by atoms with Crippen molar-refractivity contribution < 1.29 is 0 Å². The van der Waals surface area contributed by atoms with Gasteiger partial charge in [-0.2, -0.15) is 0 Å². The molecule has 1 unspecified atom stereocenters. The number of benzene rings is 4. The molecule has 4 aromatic carbocycles. The molecule has 0 amide bonds. The molecule has 0 bridgehead atoms. The number of fused-ring (bicyclic) bond motifs is 6. The number of para-hydroxylation sites is 3.